The molecule has 2 aromatic carbocycles. The summed E-state index contributed by atoms with van der Waals surface area (Å²) in [5, 5.41) is 9.21. The van der Waals surface area contributed by atoms with Crippen LogP contribution >= 0.6 is 0 Å². The van der Waals surface area contributed by atoms with Gasteiger partial charge in [-0.15, -0.1) is 0 Å². The Bertz CT molecular complexity index is 1230. The van der Waals surface area contributed by atoms with E-state index in [1.165, 1.54) is 10.9 Å². The molecule has 0 aliphatic rings. The first-order valence-corrected chi connectivity index (χ1v) is 8.99. The predicted molar refractivity (Wildman–Crippen MR) is 111 cm³/mol. The third kappa shape index (κ3) is 4.08. The molecule has 142 valence electrons. The third-order valence-corrected chi connectivity index (χ3v) is 4.32. The number of carbonyl (C=O) groups is 1. The Labute approximate surface area is 166 Å². The van der Waals surface area contributed by atoms with Gasteiger partial charge in [-0.2, -0.15) is 10.2 Å². The zero-order valence-electron chi connectivity index (χ0n) is 15.4. The summed E-state index contributed by atoms with van der Waals surface area (Å²) in [4.78, 5) is 29.6. The number of fused-ring (bicyclic) bond motifs is 1. The lowest BCUT2D eigenvalue weighted by Gasteiger charge is -2.10. The van der Waals surface area contributed by atoms with Crippen molar-refractivity contribution in [2.75, 3.05) is 0 Å². The minimum absolute atomic E-state index is 0.138. The molecule has 7 nitrogen and oxygen atoms in total. The van der Waals surface area contributed by atoms with Crippen LogP contribution in [0.3, 0.4) is 0 Å². The summed E-state index contributed by atoms with van der Waals surface area (Å²) in [6.07, 6.45) is 4.78. The highest BCUT2D eigenvalue weighted by Crippen LogP contribution is 2.14. The van der Waals surface area contributed by atoms with Gasteiger partial charge in [0, 0.05) is 23.3 Å². The average molecular weight is 383 g/mol. The molecule has 0 aliphatic heterocycles. The van der Waals surface area contributed by atoms with Crippen LogP contribution in [0.4, 0.5) is 0 Å². The summed E-state index contributed by atoms with van der Waals surface area (Å²) in [5.41, 5.74) is 4.03. The minimum Gasteiger partial charge on any atom is -0.267 e. The van der Waals surface area contributed by atoms with E-state index in [0.717, 1.165) is 11.1 Å². The highest BCUT2D eigenvalue weighted by atomic mass is 16.2. The van der Waals surface area contributed by atoms with Crippen molar-refractivity contribution in [1.29, 1.82) is 0 Å². The normalized spacial score (nSPS) is 11.0. The molecule has 2 aromatic heterocycles. The number of benzene rings is 2. The summed E-state index contributed by atoms with van der Waals surface area (Å²) in [6.45, 7) is 0.268. The molecule has 0 aliphatic carbocycles. The zero-order valence-corrected chi connectivity index (χ0v) is 15.4. The molecule has 0 fully saturated rings. The summed E-state index contributed by atoms with van der Waals surface area (Å²) in [6, 6.07) is 20.0. The quantitative estimate of drug-likeness (QED) is 0.424. The van der Waals surface area contributed by atoms with Gasteiger partial charge in [0.05, 0.1) is 18.1 Å². The number of aromatic nitrogens is 3. The van der Waals surface area contributed by atoms with Crippen LogP contribution in [0.2, 0.25) is 0 Å². The number of nitrogens with one attached hydrogen (secondary N) is 1. The Kier molecular flexibility index (Phi) is 5.20. The van der Waals surface area contributed by atoms with E-state index in [1.807, 2.05) is 36.4 Å². The Morgan fingerprint density at radius 2 is 1.76 bits per heavy atom. The molecule has 0 atom stereocenters. The van der Waals surface area contributed by atoms with E-state index < -0.39 is 5.91 Å². The van der Waals surface area contributed by atoms with E-state index in [9.17, 15) is 9.59 Å². The molecule has 0 unspecified atom stereocenters. The molecule has 0 saturated heterocycles. The van der Waals surface area contributed by atoms with Crippen LogP contribution in [0.5, 0.6) is 0 Å². The van der Waals surface area contributed by atoms with Gasteiger partial charge < -0.3 is 0 Å². The molecule has 0 spiro atoms. The van der Waals surface area contributed by atoms with Gasteiger partial charge in [-0.05, 0) is 17.7 Å². The number of hydrazone groups is 1. The Morgan fingerprint density at radius 1 is 1.00 bits per heavy atom. The predicted octanol–water partition coefficient (Wildman–Crippen LogP) is 2.60. The van der Waals surface area contributed by atoms with Crippen molar-refractivity contribution in [3.8, 4) is 0 Å². The lowest BCUT2D eigenvalue weighted by atomic mass is 10.1. The maximum Gasteiger partial charge on any atom is 0.292 e. The van der Waals surface area contributed by atoms with Gasteiger partial charge in [-0.25, -0.2) is 10.1 Å². The largest absolute Gasteiger partial charge is 0.292 e. The van der Waals surface area contributed by atoms with E-state index in [4.69, 9.17) is 0 Å². The molecule has 7 heteroatoms. The molecule has 2 heterocycles. The highest BCUT2D eigenvalue weighted by Gasteiger charge is 2.16. The first-order valence-electron chi connectivity index (χ1n) is 8.99. The lowest BCUT2D eigenvalue weighted by Crippen LogP contribution is -2.29. The molecule has 0 bridgehead atoms. The van der Waals surface area contributed by atoms with Gasteiger partial charge in [-0.3, -0.25) is 14.6 Å². The number of rotatable bonds is 5. The summed E-state index contributed by atoms with van der Waals surface area (Å²) < 4.78 is 1.30. The average Bonchev–Trinajstić information content (AvgIpc) is 2.77. The van der Waals surface area contributed by atoms with Gasteiger partial charge in [0.2, 0.25) is 0 Å². The van der Waals surface area contributed by atoms with E-state index in [-0.39, 0.29) is 17.8 Å². The van der Waals surface area contributed by atoms with Crippen molar-refractivity contribution in [2.24, 2.45) is 5.10 Å². The molecule has 1 amide bonds. The van der Waals surface area contributed by atoms with Crippen molar-refractivity contribution in [1.82, 2.24) is 20.2 Å². The van der Waals surface area contributed by atoms with Crippen molar-refractivity contribution in [3.63, 3.8) is 0 Å². The Morgan fingerprint density at radius 3 is 2.52 bits per heavy atom. The van der Waals surface area contributed by atoms with Gasteiger partial charge >= 0.3 is 0 Å². The maximum absolute atomic E-state index is 12.8. The van der Waals surface area contributed by atoms with Crippen LogP contribution < -0.4 is 11.0 Å². The van der Waals surface area contributed by atoms with Crippen LogP contribution in [0.1, 0.15) is 21.6 Å². The smallest absolute Gasteiger partial charge is 0.267 e. The maximum atomic E-state index is 12.8. The highest BCUT2D eigenvalue weighted by molar-refractivity contribution is 6.04. The lowest BCUT2D eigenvalue weighted by molar-refractivity contribution is 0.0949. The fourth-order valence-corrected chi connectivity index (χ4v) is 2.94. The van der Waals surface area contributed by atoms with Crippen LogP contribution in [0.25, 0.3) is 10.8 Å². The number of hydrogen-bond donors (Lipinski definition) is 1. The first kappa shape index (κ1) is 18.2. The van der Waals surface area contributed by atoms with Crippen molar-refractivity contribution in [3.05, 3.63) is 106 Å². The minimum atomic E-state index is -0.497. The van der Waals surface area contributed by atoms with Crippen LogP contribution in [0, 0.1) is 0 Å². The third-order valence-electron chi connectivity index (χ3n) is 4.32. The summed E-state index contributed by atoms with van der Waals surface area (Å²) in [7, 11) is 0. The number of amides is 1. The number of carbonyl (C=O) groups excluding carboxylic acids is 1. The molecular weight excluding hydrogens is 366 g/mol. The fraction of sp³-hybridized carbons (Fsp3) is 0.0455. The summed E-state index contributed by atoms with van der Waals surface area (Å²) in [5.74, 6) is -0.497. The second kappa shape index (κ2) is 8.26. The SMILES string of the molecule is O=C(NN=Cc1cccnc1)c1nn(Cc2ccccc2)c(=O)c2ccccc12. The summed E-state index contributed by atoms with van der Waals surface area (Å²) >= 11 is 0. The number of nitrogens with zero attached hydrogens (tertiary/aromatic N) is 4. The van der Waals surface area contributed by atoms with E-state index in [2.05, 4.69) is 20.6 Å². The van der Waals surface area contributed by atoms with Crippen LogP contribution in [0.15, 0.2) is 89.0 Å². The molecular formula is C22H17N5O2. The Hall–Kier alpha value is -4.13. The van der Waals surface area contributed by atoms with Crippen LogP contribution in [-0.4, -0.2) is 26.9 Å². The Balaban J connectivity index is 1.69. The monoisotopic (exact) mass is 383 g/mol. The molecule has 0 saturated carbocycles. The van der Waals surface area contributed by atoms with Crippen molar-refractivity contribution < 1.29 is 4.79 Å². The second-order valence-electron chi connectivity index (χ2n) is 6.33. The molecule has 1 N–H and O–H groups in total. The van der Waals surface area contributed by atoms with Gasteiger partial charge in [0.1, 0.15) is 0 Å². The topological polar surface area (TPSA) is 89.2 Å². The molecule has 29 heavy (non-hydrogen) atoms. The van der Waals surface area contributed by atoms with E-state index >= 15 is 0 Å². The standard InChI is InChI=1S/C22H17N5O2/c28-21(25-24-14-17-9-6-12-23-13-17)20-18-10-4-5-11-19(18)22(29)27(26-20)15-16-7-2-1-3-8-16/h1-14H,15H2,(H,25,28). The van der Waals surface area contributed by atoms with Crippen molar-refractivity contribution >= 4 is 22.9 Å². The number of hydrogen-bond acceptors (Lipinski definition) is 5. The van der Waals surface area contributed by atoms with E-state index in [0.29, 0.717) is 10.8 Å². The van der Waals surface area contributed by atoms with Gasteiger partial charge in [-0.1, -0.05) is 54.6 Å². The second-order valence-corrected chi connectivity index (χ2v) is 6.33. The fourth-order valence-electron chi connectivity index (χ4n) is 2.94. The van der Waals surface area contributed by atoms with E-state index in [1.54, 1.807) is 42.7 Å². The zero-order chi connectivity index (χ0) is 20.1. The first-order chi connectivity index (χ1) is 14.2. The van der Waals surface area contributed by atoms with Crippen LogP contribution in [-0.2, 0) is 6.54 Å². The molecule has 0 radical (unpaired) electrons. The van der Waals surface area contributed by atoms with Crippen molar-refractivity contribution in [2.45, 2.75) is 6.54 Å². The molecule has 4 rings (SSSR count). The number of pyridine rings is 1. The van der Waals surface area contributed by atoms with Gasteiger partial charge in [0.15, 0.2) is 5.69 Å². The van der Waals surface area contributed by atoms with Gasteiger partial charge in [0.25, 0.3) is 11.5 Å². The molecule has 4 aromatic rings.